The molecule has 0 bridgehead atoms. The van der Waals surface area contributed by atoms with Gasteiger partial charge in [0.2, 0.25) is 0 Å². The number of ether oxygens (including phenoxy) is 1. The molecule has 0 aliphatic carbocycles. The number of para-hydroxylation sites is 1. The number of nitrogens with zero attached hydrogens (tertiary/aromatic N) is 1. The fourth-order valence-corrected chi connectivity index (χ4v) is 3.63. The molecule has 0 fully saturated rings. The SMILES string of the molecule is CCCc1sc(C(=O)OCC(=O)Nc2ccccc2C#N)cc1CC. The predicted molar refractivity (Wildman–Crippen MR) is 97.8 cm³/mol. The van der Waals surface area contributed by atoms with Crippen molar-refractivity contribution in [3.05, 3.63) is 51.2 Å². The van der Waals surface area contributed by atoms with Crippen molar-refractivity contribution in [1.29, 1.82) is 5.26 Å². The minimum Gasteiger partial charge on any atom is -0.451 e. The first kappa shape index (κ1) is 18.7. The van der Waals surface area contributed by atoms with Gasteiger partial charge in [-0.15, -0.1) is 11.3 Å². The highest BCUT2D eigenvalue weighted by Gasteiger charge is 2.16. The summed E-state index contributed by atoms with van der Waals surface area (Å²) in [7, 11) is 0. The van der Waals surface area contributed by atoms with Crippen LogP contribution in [-0.2, 0) is 22.4 Å². The average molecular weight is 356 g/mol. The minimum absolute atomic E-state index is 0.359. The largest absolute Gasteiger partial charge is 0.451 e. The Kier molecular flexibility index (Phi) is 6.72. The molecule has 130 valence electrons. The van der Waals surface area contributed by atoms with E-state index in [0.29, 0.717) is 16.1 Å². The van der Waals surface area contributed by atoms with Gasteiger partial charge in [0.15, 0.2) is 6.61 Å². The number of anilines is 1. The summed E-state index contributed by atoms with van der Waals surface area (Å²) in [5, 5.41) is 11.6. The fraction of sp³-hybridized carbons (Fsp3) is 0.316. The Bertz CT molecular complexity index is 805. The zero-order chi connectivity index (χ0) is 18.2. The predicted octanol–water partition coefficient (Wildman–Crippen LogP) is 3.93. The van der Waals surface area contributed by atoms with Gasteiger partial charge in [0.05, 0.1) is 11.3 Å². The van der Waals surface area contributed by atoms with Crippen molar-refractivity contribution < 1.29 is 14.3 Å². The van der Waals surface area contributed by atoms with Crippen LogP contribution in [-0.4, -0.2) is 18.5 Å². The number of hydrogen-bond acceptors (Lipinski definition) is 5. The Morgan fingerprint density at radius 3 is 2.72 bits per heavy atom. The van der Waals surface area contributed by atoms with Gasteiger partial charge in [-0.2, -0.15) is 5.26 Å². The average Bonchev–Trinajstić information content (AvgIpc) is 3.03. The number of rotatable bonds is 7. The lowest BCUT2D eigenvalue weighted by atomic mass is 10.1. The molecule has 6 heteroatoms. The van der Waals surface area contributed by atoms with Crippen molar-refractivity contribution in [1.82, 2.24) is 0 Å². The maximum absolute atomic E-state index is 12.2. The molecule has 0 radical (unpaired) electrons. The van der Waals surface area contributed by atoms with E-state index in [1.165, 1.54) is 16.2 Å². The second-order valence-corrected chi connectivity index (χ2v) is 6.58. The van der Waals surface area contributed by atoms with Crippen molar-refractivity contribution in [2.24, 2.45) is 0 Å². The Hall–Kier alpha value is -2.65. The molecule has 25 heavy (non-hydrogen) atoms. The number of aryl methyl sites for hydroxylation is 2. The second-order valence-electron chi connectivity index (χ2n) is 5.44. The van der Waals surface area contributed by atoms with Crippen LogP contribution in [0.3, 0.4) is 0 Å². The number of nitriles is 1. The molecule has 5 nitrogen and oxygen atoms in total. The Labute approximate surface area is 151 Å². The summed E-state index contributed by atoms with van der Waals surface area (Å²) in [6.45, 7) is 3.76. The van der Waals surface area contributed by atoms with Crippen LogP contribution in [0.2, 0.25) is 0 Å². The first-order chi connectivity index (χ1) is 12.1. The van der Waals surface area contributed by atoms with Gasteiger partial charge in [-0.25, -0.2) is 4.79 Å². The summed E-state index contributed by atoms with van der Waals surface area (Å²) in [6, 6.07) is 10.5. The zero-order valence-corrected chi connectivity index (χ0v) is 15.1. The van der Waals surface area contributed by atoms with Crippen LogP contribution in [0.4, 0.5) is 5.69 Å². The highest BCUT2D eigenvalue weighted by atomic mass is 32.1. The van der Waals surface area contributed by atoms with Crippen LogP contribution >= 0.6 is 11.3 Å². The number of hydrogen-bond donors (Lipinski definition) is 1. The van der Waals surface area contributed by atoms with Crippen LogP contribution in [0.15, 0.2) is 30.3 Å². The fourth-order valence-electron chi connectivity index (χ4n) is 2.38. The van der Waals surface area contributed by atoms with Gasteiger partial charge in [0.25, 0.3) is 5.91 Å². The van der Waals surface area contributed by atoms with E-state index in [-0.39, 0.29) is 6.61 Å². The molecule has 0 spiro atoms. The van der Waals surface area contributed by atoms with Gasteiger partial charge in [-0.1, -0.05) is 32.4 Å². The third kappa shape index (κ3) is 4.91. The molecule has 0 saturated carbocycles. The van der Waals surface area contributed by atoms with Crippen LogP contribution < -0.4 is 5.32 Å². The van der Waals surface area contributed by atoms with E-state index in [0.717, 1.165) is 24.8 Å². The molecule has 1 aromatic heterocycles. The van der Waals surface area contributed by atoms with Crippen molar-refractivity contribution in [3.8, 4) is 6.07 Å². The van der Waals surface area contributed by atoms with Gasteiger partial charge in [0.1, 0.15) is 10.9 Å². The maximum atomic E-state index is 12.2. The number of amides is 1. The van der Waals surface area contributed by atoms with E-state index in [4.69, 9.17) is 10.00 Å². The number of nitrogens with one attached hydrogen (secondary N) is 1. The summed E-state index contributed by atoms with van der Waals surface area (Å²) < 4.78 is 5.10. The monoisotopic (exact) mass is 356 g/mol. The van der Waals surface area contributed by atoms with Crippen molar-refractivity contribution >= 4 is 28.9 Å². The molecule has 0 aliphatic rings. The zero-order valence-electron chi connectivity index (χ0n) is 14.3. The minimum atomic E-state index is -0.495. The van der Waals surface area contributed by atoms with Gasteiger partial charge in [0, 0.05) is 4.88 Å². The second kappa shape index (κ2) is 9.00. The van der Waals surface area contributed by atoms with Crippen molar-refractivity contribution in [2.45, 2.75) is 33.1 Å². The topological polar surface area (TPSA) is 79.2 Å². The molecule has 0 unspecified atom stereocenters. The lowest BCUT2D eigenvalue weighted by Gasteiger charge is -2.07. The first-order valence-electron chi connectivity index (χ1n) is 8.16. The quantitative estimate of drug-likeness (QED) is 0.762. The van der Waals surface area contributed by atoms with E-state index in [1.54, 1.807) is 24.3 Å². The number of thiophene rings is 1. The molecule has 2 aromatic rings. The van der Waals surface area contributed by atoms with Gasteiger partial charge in [-0.05, 0) is 36.6 Å². The van der Waals surface area contributed by atoms with Gasteiger partial charge >= 0.3 is 5.97 Å². The summed E-state index contributed by atoms with van der Waals surface area (Å²) in [4.78, 5) is 25.8. The number of carbonyl (C=O) groups excluding carboxylic acids is 2. The third-order valence-electron chi connectivity index (χ3n) is 3.61. The van der Waals surface area contributed by atoms with E-state index in [2.05, 4.69) is 19.2 Å². The molecule has 1 amide bonds. The highest BCUT2D eigenvalue weighted by molar-refractivity contribution is 7.14. The van der Waals surface area contributed by atoms with Gasteiger partial charge < -0.3 is 10.1 Å². The summed E-state index contributed by atoms with van der Waals surface area (Å²) in [6.07, 6.45) is 2.82. The van der Waals surface area contributed by atoms with E-state index in [9.17, 15) is 9.59 Å². The Morgan fingerprint density at radius 2 is 2.04 bits per heavy atom. The molecular weight excluding hydrogens is 336 g/mol. The van der Waals surface area contributed by atoms with E-state index >= 15 is 0 Å². The summed E-state index contributed by atoms with van der Waals surface area (Å²) in [5.41, 5.74) is 1.92. The molecule has 1 heterocycles. The summed E-state index contributed by atoms with van der Waals surface area (Å²) >= 11 is 1.43. The normalized spacial score (nSPS) is 10.1. The third-order valence-corrected chi connectivity index (χ3v) is 4.83. The number of carbonyl (C=O) groups is 2. The van der Waals surface area contributed by atoms with Crippen LogP contribution in [0.5, 0.6) is 0 Å². The standard InChI is InChI=1S/C19H20N2O3S/c1-3-7-16-13(4-2)10-17(25-16)19(23)24-12-18(22)21-15-9-6-5-8-14(15)11-20/h5-6,8-10H,3-4,7,12H2,1-2H3,(H,21,22). The molecule has 0 atom stereocenters. The van der Waals surface area contributed by atoms with Crippen LogP contribution in [0.1, 0.15) is 45.9 Å². The lowest BCUT2D eigenvalue weighted by molar-refractivity contribution is -0.119. The Morgan fingerprint density at radius 1 is 1.28 bits per heavy atom. The number of benzene rings is 1. The lowest BCUT2D eigenvalue weighted by Crippen LogP contribution is -2.21. The molecule has 1 N–H and O–H groups in total. The van der Waals surface area contributed by atoms with Crippen LogP contribution in [0, 0.1) is 11.3 Å². The molecule has 1 aromatic carbocycles. The van der Waals surface area contributed by atoms with Crippen LogP contribution in [0.25, 0.3) is 0 Å². The maximum Gasteiger partial charge on any atom is 0.348 e. The van der Waals surface area contributed by atoms with Gasteiger partial charge in [-0.3, -0.25) is 4.79 Å². The molecule has 2 rings (SSSR count). The highest BCUT2D eigenvalue weighted by Crippen LogP contribution is 2.25. The molecule has 0 aliphatic heterocycles. The first-order valence-corrected chi connectivity index (χ1v) is 8.98. The van der Waals surface area contributed by atoms with Crippen molar-refractivity contribution in [3.63, 3.8) is 0 Å². The summed E-state index contributed by atoms with van der Waals surface area (Å²) in [5.74, 6) is -0.970. The van der Waals surface area contributed by atoms with E-state index < -0.39 is 11.9 Å². The van der Waals surface area contributed by atoms with E-state index in [1.807, 2.05) is 12.1 Å². The Balaban J connectivity index is 1.95. The molecule has 0 saturated heterocycles. The molecular formula is C19H20N2O3S. The smallest absolute Gasteiger partial charge is 0.348 e. The van der Waals surface area contributed by atoms with Crippen molar-refractivity contribution in [2.75, 3.05) is 11.9 Å². The number of esters is 1.